The lowest BCUT2D eigenvalue weighted by Crippen LogP contribution is -2.39. The number of nitrogens with zero attached hydrogens (tertiary/aromatic N) is 1. The Bertz CT molecular complexity index is 286. The van der Waals surface area contributed by atoms with Crippen molar-refractivity contribution in [1.29, 1.82) is 0 Å². The molecule has 1 heterocycles. The summed E-state index contributed by atoms with van der Waals surface area (Å²) in [6.45, 7) is 4.53. The molecule has 1 atom stereocenters. The lowest BCUT2D eigenvalue weighted by atomic mass is 10.0. The van der Waals surface area contributed by atoms with Crippen molar-refractivity contribution < 1.29 is 14.8 Å². The quantitative estimate of drug-likeness (QED) is 0.552. The van der Waals surface area contributed by atoms with Crippen LogP contribution in [0.15, 0.2) is 24.5 Å². The Hall–Kier alpha value is -0.930. The molecule has 0 bridgehead atoms. The topological polar surface area (TPSA) is 44.3 Å². The standard InChI is InChI=1S/C11H18NO2/c1-3-9(2)10-5-4-6-12(7-10)8-11(13)14/h4-7,9,11,13-14H,3,8H2,1-2H3/q+1. The summed E-state index contributed by atoms with van der Waals surface area (Å²) in [7, 11) is 0. The second-order valence-corrected chi connectivity index (χ2v) is 3.62. The first-order chi connectivity index (χ1) is 6.63. The van der Waals surface area contributed by atoms with E-state index in [9.17, 15) is 0 Å². The summed E-state index contributed by atoms with van der Waals surface area (Å²) in [6.07, 6.45) is 3.61. The van der Waals surface area contributed by atoms with Gasteiger partial charge in [0, 0.05) is 11.6 Å². The van der Waals surface area contributed by atoms with Gasteiger partial charge in [-0.2, -0.15) is 4.57 Å². The van der Waals surface area contributed by atoms with Crippen molar-refractivity contribution in [3.63, 3.8) is 0 Å². The van der Waals surface area contributed by atoms with Crippen LogP contribution in [0.5, 0.6) is 0 Å². The van der Waals surface area contributed by atoms with E-state index in [1.807, 2.05) is 18.5 Å². The zero-order valence-corrected chi connectivity index (χ0v) is 8.72. The van der Waals surface area contributed by atoms with Crippen LogP contribution in [-0.2, 0) is 6.54 Å². The molecular formula is C11H18NO2+. The maximum absolute atomic E-state index is 8.83. The fraction of sp³-hybridized carbons (Fsp3) is 0.545. The summed E-state index contributed by atoms with van der Waals surface area (Å²) >= 11 is 0. The van der Waals surface area contributed by atoms with Crippen LogP contribution < -0.4 is 4.57 Å². The summed E-state index contributed by atoms with van der Waals surface area (Å²) in [4.78, 5) is 0. The molecule has 0 saturated carbocycles. The molecule has 78 valence electrons. The zero-order chi connectivity index (χ0) is 10.6. The van der Waals surface area contributed by atoms with Crippen LogP contribution in [0, 0.1) is 0 Å². The van der Waals surface area contributed by atoms with Crippen LogP contribution in [0.25, 0.3) is 0 Å². The minimum absolute atomic E-state index is 0.226. The second kappa shape index (κ2) is 5.08. The van der Waals surface area contributed by atoms with Crippen LogP contribution >= 0.6 is 0 Å². The van der Waals surface area contributed by atoms with Gasteiger partial charge < -0.3 is 10.2 Å². The SMILES string of the molecule is CCC(C)c1ccc[n+](CC(O)O)c1. The van der Waals surface area contributed by atoms with Gasteiger partial charge in [-0.25, -0.2) is 0 Å². The molecule has 0 spiro atoms. The highest BCUT2D eigenvalue weighted by Crippen LogP contribution is 2.15. The van der Waals surface area contributed by atoms with Crippen molar-refractivity contribution in [2.24, 2.45) is 0 Å². The number of rotatable bonds is 4. The molecule has 0 aromatic carbocycles. The van der Waals surface area contributed by atoms with Crippen molar-refractivity contribution in [1.82, 2.24) is 0 Å². The molecule has 1 aromatic heterocycles. The Morgan fingerprint density at radius 3 is 2.71 bits per heavy atom. The van der Waals surface area contributed by atoms with Gasteiger partial charge in [-0.1, -0.05) is 13.8 Å². The highest BCUT2D eigenvalue weighted by Gasteiger charge is 2.10. The lowest BCUT2D eigenvalue weighted by Gasteiger charge is -2.07. The van der Waals surface area contributed by atoms with E-state index in [4.69, 9.17) is 10.2 Å². The molecule has 1 unspecified atom stereocenters. The average Bonchev–Trinajstić information content (AvgIpc) is 2.16. The molecule has 1 rings (SSSR count). The first kappa shape index (κ1) is 11.1. The summed E-state index contributed by atoms with van der Waals surface area (Å²) in [5, 5.41) is 17.7. The maximum atomic E-state index is 8.83. The number of aliphatic hydroxyl groups is 2. The van der Waals surface area contributed by atoms with Crippen LogP contribution in [0.2, 0.25) is 0 Å². The number of aromatic nitrogens is 1. The Morgan fingerprint density at radius 2 is 2.14 bits per heavy atom. The van der Waals surface area contributed by atoms with Crippen LogP contribution in [0.1, 0.15) is 31.7 Å². The van der Waals surface area contributed by atoms with Crippen molar-refractivity contribution in [3.8, 4) is 0 Å². The molecule has 0 fully saturated rings. The van der Waals surface area contributed by atoms with E-state index < -0.39 is 6.29 Å². The molecule has 3 nitrogen and oxygen atoms in total. The number of aliphatic hydroxyl groups excluding tert-OH is 1. The highest BCUT2D eigenvalue weighted by atomic mass is 16.5. The number of pyridine rings is 1. The average molecular weight is 196 g/mol. The van der Waals surface area contributed by atoms with Crippen molar-refractivity contribution >= 4 is 0 Å². The molecule has 0 aliphatic heterocycles. The van der Waals surface area contributed by atoms with E-state index >= 15 is 0 Å². The molecule has 0 aliphatic rings. The van der Waals surface area contributed by atoms with Crippen LogP contribution in [0.4, 0.5) is 0 Å². The highest BCUT2D eigenvalue weighted by molar-refractivity contribution is 5.10. The summed E-state index contributed by atoms with van der Waals surface area (Å²) in [6, 6.07) is 4.00. The third-order valence-corrected chi connectivity index (χ3v) is 2.44. The predicted octanol–water partition coefficient (Wildman–Crippen LogP) is 0.798. The molecule has 3 heteroatoms. The molecule has 14 heavy (non-hydrogen) atoms. The van der Waals surface area contributed by atoms with Gasteiger partial charge in [0.1, 0.15) is 0 Å². The molecule has 0 amide bonds. The van der Waals surface area contributed by atoms with Gasteiger partial charge in [-0.15, -0.1) is 0 Å². The molecular weight excluding hydrogens is 178 g/mol. The summed E-state index contributed by atoms with van der Waals surface area (Å²) < 4.78 is 1.80. The Kier molecular flexibility index (Phi) is 4.04. The van der Waals surface area contributed by atoms with E-state index in [1.165, 1.54) is 5.56 Å². The Labute approximate surface area is 84.6 Å². The van der Waals surface area contributed by atoms with E-state index in [-0.39, 0.29) is 6.54 Å². The van der Waals surface area contributed by atoms with Gasteiger partial charge in [0.05, 0.1) is 0 Å². The Balaban J connectivity index is 2.78. The van der Waals surface area contributed by atoms with E-state index in [1.54, 1.807) is 4.57 Å². The van der Waals surface area contributed by atoms with Gasteiger partial charge in [0.15, 0.2) is 18.9 Å². The van der Waals surface area contributed by atoms with Crippen LogP contribution in [0.3, 0.4) is 0 Å². The molecule has 1 aromatic rings. The van der Waals surface area contributed by atoms with Crippen molar-refractivity contribution in [3.05, 3.63) is 30.1 Å². The van der Waals surface area contributed by atoms with E-state index in [0.29, 0.717) is 5.92 Å². The first-order valence-corrected chi connectivity index (χ1v) is 4.98. The monoisotopic (exact) mass is 196 g/mol. The number of hydrogen-bond donors (Lipinski definition) is 2. The fourth-order valence-electron chi connectivity index (χ4n) is 1.37. The third kappa shape index (κ3) is 3.09. The number of hydrogen-bond acceptors (Lipinski definition) is 2. The smallest absolute Gasteiger partial charge is 0.212 e. The van der Waals surface area contributed by atoms with E-state index in [0.717, 1.165) is 6.42 Å². The summed E-state index contributed by atoms with van der Waals surface area (Å²) in [5.74, 6) is 0.512. The predicted molar refractivity (Wildman–Crippen MR) is 53.6 cm³/mol. The first-order valence-electron chi connectivity index (χ1n) is 4.98. The van der Waals surface area contributed by atoms with Gasteiger partial charge in [-0.3, -0.25) is 0 Å². The molecule has 0 saturated heterocycles. The second-order valence-electron chi connectivity index (χ2n) is 3.62. The Morgan fingerprint density at radius 1 is 1.43 bits per heavy atom. The van der Waals surface area contributed by atoms with Gasteiger partial charge in [0.2, 0.25) is 6.29 Å². The van der Waals surface area contributed by atoms with Gasteiger partial charge >= 0.3 is 0 Å². The molecule has 0 radical (unpaired) electrons. The van der Waals surface area contributed by atoms with Crippen molar-refractivity contribution in [2.75, 3.05) is 0 Å². The van der Waals surface area contributed by atoms with Crippen molar-refractivity contribution in [2.45, 2.75) is 39.0 Å². The minimum atomic E-state index is -1.29. The third-order valence-electron chi connectivity index (χ3n) is 2.44. The van der Waals surface area contributed by atoms with Gasteiger partial charge in [-0.05, 0) is 18.4 Å². The minimum Gasteiger partial charge on any atom is -0.363 e. The summed E-state index contributed by atoms with van der Waals surface area (Å²) in [5.41, 5.74) is 1.23. The maximum Gasteiger partial charge on any atom is 0.212 e. The fourth-order valence-corrected chi connectivity index (χ4v) is 1.37. The lowest BCUT2D eigenvalue weighted by molar-refractivity contribution is -0.710. The van der Waals surface area contributed by atoms with Gasteiger partial charge in [0.25, 0.3) is 0 Å². The zero-order valence-electron chi connectivity index (χ0n) is 8.72. The molecule has 0 aliphatic carbocycles. The van der Waals surface area contributed by atoms with E-state index in [2.05, 4.69) is 19.9 Å². The molecule has 2 N–H and O–H groups in total. The largest absolute Gasteiger partial charge is 0.363 e. The normalized spacial score (nSPS) is 13.2. The van der Waals surface area contributed by atoms with Crippen LogP contribution in [-0.4, -0.2) is 16.5 Å².